The Morgan fingerprint density at radius 1 is 1.17 bits per heavy atom. The van der Waals surface area contributed by atoms with Crippen LogP contribution in [0, 0.1) is 6.92 Å². The van der Waals surface area contributed by atoms with E-state index in [4.69, 9.17) is 4.74 Å². The molecule has 1 heterocycles. The van der Waals surface area contributed by atoms with Crippen molar-refractivity contribution in [3.05, 3.63) is 54.4 Å². The van der Waals surface area contributed by atoms with E-state index in [1.807, 2.05) is 25.4 Å². The highest BCUT2D eigenvalue weighted by Gasteiger charge is 2.28. The third-order valence-corrected chi connectivity index (χ3v) is 5.95. The van der Waals surface area contributed by atoms with Crippen LogP contribution < -0.4 is 10.1 Å². The maximum Gasteiger partial charge on any atom is 0.219 e. The van der Waals surface area contributed by atoms with Crippen molar-refractivity contribution in [3.63, 3.8) is 0 Å². The van der Waals surface area contributed by atoms with Crippen molar-refractivity contribution < 1.29 is 9.53 Å². The van der Waals surface area contributed by atoms with Gasteiger partial charge in [-0.2, -0.15) is 0 Å². The van der Waals surface area contributed by atoms with Gasteiger partial charge in [-0.1, -0.05) is 37.3 Å². The molecule has 0 unspecified atom stereocenters. The van der Waals surface area contributed by atoms with Crippen molar-refractivity contribution in [3.8, 4) is 28.3 Å². The fourth-order valence-electron chi connectivity index (χ4n) is 4.27. The Morgan fingerprint density at radius 2 is 1.93 bits per heavy atom. The normalized spacial score (nSPS) is 18.4. The molecule has 1 fully saturated rings. The molecule has 1 N–H and O–H groups in total. The molecule has 2 aromatic carbocycles. The molecule has 1 amide bonds. The van der Waals surface area contributed by atoms with E-state index in [2.05, 4.69) is 57.3 Å². The summed E-state index contributed by atoms with van der Waals surface area (Å²) < 4.78 is 7.47. The number of methoxy groups -OCH3 is 1. The number of nitrogens with one attached hydrogen (secondary N) is 1. The fourth-order valence-corrected chi connectivity index (χ4v) is 4.27. The lowest BCUT2D eigenvalue weighted by Crippen LogP contribution is -2.32. The molecule has 2 atom stereocenters. The summed E-state index contributed by atoms with van der Waals surface area (Å²) >= 11 is 0. The number of aryl methyl sites for hydroxylation is 1. The van der Waals surface area contributed by atoms with E-state index in [0.29, 0.717) is 12.5 Å². The smallest absolute Gasteiger partial charge is 0.219 e. The van der Waals surface area contributed by atoms with Gasteiger partial charge < -0.3 is 14.6 Å². The molecule has 1 aromatic heterocycles. The number of hydrogen-bond acceptors (Lipinski definition) is 4. The minimum atomic E-state index is 0.119. The molecule has 156 valence electrons. The molecule has 0 aliphatic heterocycles. The molecule has 3 aromatic rings. The number of benzene rings is 2. The monoisotopic (exact) mass is 404 g/mol. The average Bonchev–Trinajstić information content (AvgIpc) is 3.43. The Hall–Kier alpha value is -3.15. The summed E-state index contributed by atoms with van der Waals surface area (Å²) in [7, 11) is 1.68. The summed E-state index contributed by atoms with van der Waals surface area (Å²) in [4.78, 5) is 11.7. The highest BCUT2D eigenvalue weighted by molar-refractivity contribution is 5.75. The average molecular weight is 405 g/mol. The molecule has 0 spiro atoms. The van der Waals surface area contributed by atoms with Crippen LogP contribution in [-0.4, -0.2) is 33.8 Å². The summed E-state index contributed by atoms with van der Waals surface area (Å²) in [6.07, 6.45) is 5.26. The molecule has 1 aliphatic rings. The number of carbonyl (C=O) groups is 1. The largest absolute Gasteiger partial charge is 0.497 e. The van der Waals surface area contributed by atoms with E-state index < -0.39 is 0 Å². The van der Waals surface area contributed by atoms with Crippen molar-refractivity contribution >= 4 is 5.91 Å². The standard InChI is InChI=1S/C24H28N4O2/c1-4-23(29)26-19-9-10-20(14-19)28-15-25-27-24(28)18-7-5-17(6-8-18)22-12-11-21(30-3)13-16(22)2/h5-8,11-13,15,19-20H,4,9-10,14H2,1-3H3,(H,26,29)/t19-,20+/m0/s1. The Bertz CT molecular complexity index is 1030. The zero-order valence-electron chi connectivity index (χ0n) is 17.8. The summed E-state index contributed by atoms with van der Waals surface area (Å²) in [6.45, 7) is 3.98. The number of ether oxygens (including phenoxy) is 1. The van der Waals surface area contributed by atoms with E-state index in [9.17, 15) is 4.79 Å². The van der Waals surface area contributed by atoms with E-state index in [0.717, 1.165) is 42.0 Å². The van der Waals surface area contributed by atoms with Crippen LogP contribution in [-0.2, 0) is 4.79 Å². The zero-order valence-corrected chi connectivity index (χ0v) is 17.8. The summed E-state index contributed by atoms with van der Waals surface area (Å²) in [5.41, 5.74) is 4.57. The topological polar surface area (TPSA) is 69.0 Å². The molecule has 1 aliphatic carbocycles. The molecular formula is C24H28N4O2. The van der Waals surface area contributed by atoms with Gasteiger partial charge in [-0.15, -0.1) is 10.2 Å². The third kappa shape index (κ3) is 4.08. The maximum absolute atomic E-state index is 11.7. The van der Waals surface area contributed by atoms with Crippen LogP contribution in [0.3, 0.4) is 0 Å². The fraction of sp³-hybridized carbons (Fsp3) is 0.375. The molecule has 0 bridgehead atoms. The Labute approximate surface area is 177 Å². The first-order valence-corrected chi connectivity index (χ1v) is 10.5. The van der Waals surface area contributed by atoms with Crippen molar-refractivity contribution in [1.29, 1.82) is 0 Å². The van der Waals surface area contributed by atoms with Gasteiger partial charge in [0, 0.05) is 24.1 Å². The van der Waals surface area contributed by atoms with Gasteiger partial charge in [-0.3, -0.25) is 4.79 Å². The molecule has 6 nitrogen and oxygen atoms in total. The number of rotatable bonds is 6. The first kappa shape index (κ1) is 20.1. The minimum absolute atomic E-state index is 0.119. The van der Waals surface area contributed by atoms with Crippen LogP contribution >= 0.6 is 0 Å². The van der Waals surface area contributed by atoms with Crippen LogP contribution in [0.15, 0.2) is 48.8 Å². The molecule has 30 heavy (non-hydrogen) atoms. The molecule has 6 heteroatoms. The number of amides is 1. The van der Waals surface area contributed by atoms with Gasteiger partial charge in [0.25, 0.3) is 0 Å². The first-order valence-electron chi connectivity index (χ1n) is 10.5. The number of nitrogens with zero attached hydrogens (tertiary/aromatic N) is 3. The van der Waals surface area contributed by atoms with Gasteiger partial charge in [-0.25, -0.2) is 0 Å². The second-order valence-corrected chi connectivity index (χ2v) is 7.90. The van der Waals surface area contributed by atoms with Gasteiger partial charge in [-0.05, 0) is 55.0 Å². The zero-order chi connectivity index (χ0) is 21.1. The van der Waals surface area contributed by atoms with Crippen molar-refractivity contribution in [2.45, 2.75) is 51.6 Å². The Morgan fingerprint density at radius 3 is 2.63 bits per heavy atom. The minimum Gasteiger partial charge on any atom is -0.497 e. The van der Waals surface area contributed by atoms with Crippen LogP contribution in [0.4, 0.5) is 0 Å². The third-order valence-electron chi connectivity index (χ3n) is 5.95. The van der Waals surface area contributed by atoms with E-state index in [1.54, 1.807) is 7.11 Å². The van der Waals surface area contributed by atoms with Gasteiger partial charge in [0.1, 0.15) is 12.1 Å². The molecule has 0 radical (unpaired) electrons. The van der Waals surface area contributed by atoms with Gasteiger partial charge in [0.2, 0.25) is 5.91 Å². The molecular weight excluding hydrogens is 376 g/mol. The lowest BCUT2D eigenvalue weighted by molar-refractivity contribution is -0.121. The Kier molecular flexibility index (Phi) is 5.84. The second kappa shape index (κ2) is 8.69. The lowest BCUT2D eigenvalue weighted by Gasteiger charge is -2.16. The number of aromatic nitrogens is 3. The lowest BCUT2D eigenvalue weighted by atomic mass is 9.99. The summed E-state index contributed by atoms with van der Waals surface area (Å²) in [5, 5.41) is 11.7. The SMILES string of the molecule is CCC(=O)N[C@H]1CC[C@@H](n2cnnc2-c2ccc(-c3ccc(OC)cc3C)cc2)C1. The first-order chi connectivity index (χ1) is 14.6. The number of hydrogen-bond donors (Lipinski definition) is 1. The van der Waals surface area contributed by atoms with Crippen molar-refractivity contribution in [1.82, 2.24) is 20.1 Å². The number of carbonyl (C=O) groups excluding carboxylic acids is 1. The highest BCUT2D eigenvalue weighted by atomic mass is 16.5. The predicted molar refractivity (Wildman–Crippen MR) is 117 cm³/mol. The van der Waals surface area contributed by atoms with E-state index >= 15 is 0 Å². The summed E-state index contributed by atoms with van der Waals surface area (Å²) in [6, 6.07) is 15.1. The second-order valence-electron chi connectivity index (χ2n) is 7.90. The van der Waals surface area contributed by atoms with Gasteiger partial charge >= 0.3 is 0 Å². The van der Waals surface area contributed by atoms with Crippen LogP contribution in [0.5, 0.6) is 5.75 Å². The van der Waals surface area contributed by atoms with Crippen molar-refractivity contribution in [2.75, 3.05) is 7.11 Å². The summed E-state index contributed by atoms with van der Waals surface area (Å²) in [5.74, 6) is 1.86. The maximum atomic E-state index is 11.7. The molecule has 0 saturated heterocycles. The van der Waals surface area contributed by atoms with Gasteiger partial charge in [0.15, 0.2) is 5.82 Å². The quantitative estimate of drug-likeness (QED) is 0.654. The highest BCUT2D eigenvalue weighted by Crippen LogP contribution is 2.34. The van der Waals surface area contributed by atoms with Gasteiger partial charge in [0.05, 0.1) is 7.11 Å². The predicted octanol–water partition coefficient (Wildman–Crippen LogP) is 4.55. The van der Waals surface area contributed by atoms with Crippen LogP contribution in [0.2, 0.25) is 0 Å². The molecule has 4 rings (SSSR count). The van der Waals surface area contributed by atoms with Crippen LogP contribution in [0.1, 0.15) is 44.2 Å². The van der Waals surface area contributed by atoms with Crippen LogP contribution in [0.25, 0.3) is 22.5 Å². The Balaban J connectivity index is 1.53. The van der Waals surface area contributed by atoms with E-state index in [-0.39, 0.29) is 11.9 Å². The molecule has 1 saturated carbocycles. The van der Waals surface area contributed by atoms with E-state index in [1.165, 1.54) is 11.1 Å². The van der Waals surface area contributed by atoms with Crippen molar-refractivity contribution in [2.24, 2.45) is 0 Å².